The number of ether oxygens (including phenoxy) is 4. The van der Waals surface area contributed by atoms with Crippen LogP contribution in [0.25, 0.3) is 0 Å². The lowest BCUT2D eigenvalue weighted by atomic mass is 10.0. The van der Waals surface area contributed by atoms with Gasteiger partial charge in [0.2, 0.25) is 11.6 Å². The molecule has 4 atom stereocenters. The van der Waals surface area contributed by atoms with E-state index in [0.29, 0.717) is 0 Å². The Kier molecular flexibility index (Phi) is 7.49. The second-order valence-electron chi connectivity index (χ2n) is 6.23. The molecule has 0 unspecified atom stereocenters. The molecule has 0 bridgehead atoms. The Morgan fingerprint density at radius 2 is 1.91 bits per heavy atom. The third-order valence-electron chi connectivity index (χ3n) is 4.51. The molecule has 0 radical (unpaired) electrons. The molecular formula is C17H32O5. The summed E-state index contributed by atoms with van der Waals surface area (Å²) < 4.78 is 22.6. The van der Waals surface area contributed by atoms with Gasteiger partial charge in [0, 0.05) is 14.2 Å². The smallest absolute Gasteiger partial charge is 0.220 e. The number of hydrogen-bond donors (Lipinski definition) is 1. The molecule has 0 amide bonds. The van der Waals surface area contributed by atoms with Crippen LogP contribution in [0.2, 0.25) is 0 Å². The molecule has 0 spiro atoms. The van der Waals surface area contributed by atoms with Gasteiger partial charge in [-0.05, 0) is 33.6 Å². The van der Waals surface area contributed by atoms with Crippen molar-refractivity contribution in [3.8, 4) is 0 Å². The second-order valence-corrected chi connectivity index (χ2v) is 6.23. The molecule has 22 heavy (non-hydrogen) atoms. The summed E-state index contributed by atoms with van der Waals surface area (Å²) in [6, 6.07) is 0. The van der Waals surface area contributed by atoms with Crippen LogP contribution in [-0.2, 0) is 18.9 Å². The Balaban J connectivity index is 2.68. The van der Waals surface area contributed by atoms with Crippen LogP contribution in [0.15, 0.2) is 11.6 Å². The SMILES string of the molecule is CCCCC/C(C)=C/[C@@H](O)[C@@H]1CO[C@@](C)(OC)[C@](C)(OC)O1. The molecular weight excluding hydrogens is 284 g/mol. The van der Waals surface area contributed by atoms with Crippen LogP contribution in [0.5, 0.6) is 0 Å². The summed E-state index contributed by atoms with van der Waals surface area (Å²) in [5.41, 5.74) is 1.17. The summed E-state index contributed by atoms with van der Waals surface area (Å²) in [7, 11) is 3.09. The van der Waals surface area contributed by atoms with Crippen molar-refractivity contribution in [1.29, 1.82) is 0 Å². The van der Waals surface area contributed by atoms with E-state index in [0.717, 1.165) is 12.8 Å². The first-order valence-corrected chi connectivity index (χ1v) is 8.09. The van der Waals surface area contributed by atoms with Crippen molar-refractivity contribution >= 4 is 0 Å². The maximum atomic E-state index is 10.4. The van der Waals surface area contributed by atoms with E-state index in [1.165, 1.54) is 18.4 Å². The van der Waals surface area contributed by atoms with Gasteiger partial charge in [0.05, 0.1) is 6.61 Å². The van der Waals surface area contributed by atoms with E-state index in [1.807, 2.05) is 13.0 Å². The molecule has 1 N–H and O–H groups in total. The predicted molar refractivity (Wildman–Crippen MR) is 85.6 cm³/mol. The monoisotopic (exact) mass is 316 g/mol. The number of unbranched alkanes of at least 4 members (excludes halogenated alkanes) is 2. The Labute approximate surface area is 134 Å². The molecule has 1 heterocycles. The summed E-state index contributed by atoms with van der Waals surface area (Å²) in [6.45, 7) is 8.00. The third kappa shape index (κ3) is 4.52. The lowest BCUT2D eigenvalue weighted by Gasteiger charge is -2.49. The molecule has 0 aromatic heterocycles. The normalized spacial score (nSPS) is 34.7. The van der Waals surface area contributed by atoms with Crippen LogP contribution >= 0.6 is 0 Å². The van der Waals surface area contributed by atoms with E-state index in [4.69, 9.17) is 18.9 Å². The predicted octanol–water partition coefficient (Wildman–Crippen LogP) is 3.01. The van der Waals surface area contributed by atoms with Crippen LogP contribution in [0.3, 0.4) is 0 Å². The standard InChI is InChI=1S/C17H32O5/c1-7-8-9-10-13(2)11-14(18)15-12-21-16(3,19-5)17(4,20-6)22-15/h11,14-15,18H,7-10,12H2,1-6H3/b13-11+/t14-,15+,16-,17-/m1/s1. The van der Waals surface area contributed by atoms with Gasteiger partial charge in [-0.1, -0.05) is 31.4 Å². The number of methoxy groups -OCH3 is 2. The van der Waals surface area contributed by atoms with E-state index in [2.05, 4.69) is 6.92 Å². The van der Waals surface area contributed by atoms with Crippen molar-refractivity contribution < 1.29 is 24.1 Å². The van der Waals surface area contributed by atoms with Gasteiger partial charge in [0.25, 0.3) is 0 Å². The van der Waals surface area contributed by atoms with E-state index >= 15 is 0 Å². The quantitative estimate of drug-likeness (QED) is 0.551. The van der Waals surface area contributed by atoms with Crippen LogP contribution in [-0.4, -0.2) is 49.7 Å². The van der Waals surface area contributed by atoms with Crippen molar-refractivity contribution in [2.24, 2.45) is 0 Å². The number of aliphatic hydroxyl groups excluding tert-OH is 1. The molecule has 0 aliphatic carbocycles. The second kappa shape index (κ2) is 8.41. The largest absolute Gasteiger partial charge is 0.386 e. The Morgan fingerprint density at radius 1 is 1.27 bits per heavy atom. The zero-order valence-electron chi connectivity index (χ0n) is 14.8. The highest BCUT2D eigenvalue weighted by atomic mass is 16.8. The van der Waals surface area contributed by atoms with Crippen LogP contribution < -0.4 is 0 Å². The van der Waals surface area contributed by atoms with Gasteiger partial charge in [0.1, 0.15) is 12.2 Å². The van der Waals surface area contributed by atoms with Gasteiger partial charge in [-0.25, -0.2) is 0 Å². The molecule has 130 valence electrons. The molecule has 5 nitrogen and oxygen atoms in total. The molecule has 1 fully saturated rings. The van der Waals surface area contributed by atoms with Crippen molar-refractivity contribution in [2.45, 2.75) is 77.2 Å². The Bertz CT molecular complexity index is 370. The van der Waals surface area contributed by atoms with Crippen molar-refractivity contribution in [3.63, 3.8) is 0 Å². The topological polar surface area (TPSA) is 57.2 Å². The summed E-state index contributed by atoms with van der Waals surface area (Å²) >= 11 is 0. The van der Waals surface area contributed by atoms with Crippen LogP contribution in [0.1, 0.15) is 53.4 Å². The van der Waals surface area contributed by atoms with Gasteiger partial charge in [-0.15, -0.1) is 0 Å². The van der Waals surface area contributed by atoms with E-state index in [9.17, 15) is 5.11 Å². The average molecular weight is 316 g/mol. The fourth-order valence-corrected chi connectivity index (χ4v) is 2.58. The molecule has 0 aromatic rings. The first-order chi connectivity index (χ1) is 10.3. The Hall–Kier alpha value is -0.460. The van der Waals surface area contributed by atoms with Gasteiger partial charge in [0.15, 0.2) is 0 Å². The molecule has 1 saturated heterocycles. The number of rotatable bonds is 8. The van der Waals surface area contributed by atoms with Crippen LogP contribution in [0.4, 0.5) is 0 Å². The summed E-state index contributed by atoms with van der Waals surface area (Å²) in [5, 5.41) is 10.4. The number of hydrogen-bond acceptors (Lipinski definition) is 5. The number of aliphatic hydroxyl groups is 1. The van der Waals surface area contributed by atoms with E-state index < -0.39 is 23.8 Å². The molecule has 1 aliphatic heterocycles. The fraction of sp³-hybridized carbons (Fsp3) is 0.882. The third-order valence-corrected chi connectivity index (χ3v) is 4.51. The van der Waals surface area contributed by atoms with Crippen LogP contribution in [0, 0.1) is 0 Å². The maximum Gasteiger partial charge on any atom is 0.220 e. The van der Waals surface area contributed by atoms with Gasteiger partial charge < -0.3 is 24.1 Å². The summed E-state index contributed by atoms with van der Waals surface area (Å²) in [5.74, 6) is -2.08. The summed E-state index contributed by atoms with van der Waals surface area (Å²) in [4.78, 5) is 0. The van der Waals surface area contributed by atoms with Crippen molar-refractivity contribution in [1.82, 2.24) is 0 Å². The lowest BCUT2D eigenvalue weighted by Crippen LogP contribution is -2.63. The maximum absolute atomic E-state index is 10.4. The molecule has 1 aliphatic rings. The van der Waals surface area contributed by atoms with E-state index in [-0.39, 0.29) is 6.61 Å². The highest BCUT2D eigenvalue weighted by Gasteiger charge is 2.54. The first-order valence-electron chi connectivity index (χ1n) is 8.09. The highest BCUT2D eigenvalue weighted by molar-refractivity contribution is 5.05. The fourth-order valence-electron chi connectivity index (χ4n) is 2.58. The van der Waals surface area contributed by atoms with Gasteiger partial charge in [-0.3, -0.25) is 0 Å². The molecule has 0 saturated carbocycles. The first kappa shape index (κ1) is 19.6. The zero-order valence-corrected chi connectivity index (χ0v) is 14.8. The summed E-state index contributed by atoms with van der Waals surface area (Å²) in [6.07, 6.45) is 5.19. The minimum absolute atomic E-state index is 0.253. The molecule has 1 rings (SSSR count). The Morgan fingerprint density at radius 3 is 2.45 bits per heavy atom. The number of allylic oxidation sites excluding steroid dienone is 1. The van der Waals surface area contributed by atoms with E-state index in [1.54, 1.807) is 28.1 Å². The zero-order chi connectivity index (χ0) is 16.8. The highest BCUT2D eigenvalue weighted by Crippen LogP contribution is 2.37. The minimum atomic E-state index is -1.07. The minimum Gasteiger partial charge on any atom is -0.386 e. The molecule has 5 heteroatoms. The lowest BCUT2D eigenvalue weighted by molar-refractivity contribution is -0.435. The van der Waals surface area contributed by atoms with Gasteiger partial charge >= 0.3 is 0 Å². The van der Waals surface area contributed by atoms with Crippen molar-refractivity contribution in [2.75, 3.05) is 20.8 Å². The average Bonchev–Trinajstić information content (AvgIpc) is 2.50. The van der Waals surface area contributed by atoms with Gasteiger partial charge in [-0.2, -0.15) is 0 Å². The van der Waals surface area contributed by atoms with Crippen molar-refractivity contribution in [3.05, 3.63) is 11.6 Å². The molecule has 0 aromatic carbocycles.